The Labute approximate surface area is 151 Å². The van der Waals surface area contributed by atoms with Crippen LogP contribution in [-0.2, 0) is 4.79 Å². The molecule has 0 bridgehead atoms. The summed E-state index contributed by atoms with van der Waals surface area (Å²) in [6.45, 7) is 3.81. The van der Waals surface area contributed by atoms with Gasteiger partial charge in [-0.15, -0.1) is 0 Å². The van der Waals surface area contributed by atoms with E-state index in [9.17, 15) is 4.79 Å². The second kappa shape index (κ2) is 7.45. The maximum Gasteiger partial charge on any atom is 0.231 e. The molecule has 3 rings (SSSR count). The number of hydrogen-bond acceptors (Lipinski definition) is 3. The van der Waals surface area contributed by atoms with E-state index in [-0.39, 0.29) is 11.8 Å². The third-order valence-corrected chi connectivity index (χ3v) is 4.25. The van der Waals surface area contributed by atoms with Crippen molar-refractivity contribution in [3.63, 3.8) is 0 Å². The number of halogens is 1. The summed E-state index contributed by atoms with van der Waals surface area (Å²) >= 11 is 5.79. The molecule has 1 aromatic carbocycles. The summed E-state index contributed by atoms with van der Waals surface area (Å²) in [7, 11) is 0. The standard InChI is InChI=1S/C20H18ClN3O/c1-13-11-16(9-10-22-13)15-3-6-18(7-4-15)24-20(25)14(2)17-5-8-19(21)23-12-17/h3-12,14H,1-2H3,(H,24,25). The van der Waals surface area contributed by atoms with E-state index < -0.39 is 0 Å². The van der Waals surface area contributed by atoms with E-state index in [0.29, 0.717) is 5.15 Å². The van der Waals surface area contributed by atoms with E-state index in [1.165, 1.54) is 0 Å². The van der Waals surface area contributed by atoms with Crippen molar-refractivity contribution in [3.05, 3.63) is 77.3 Å². The fraction of sp³-hybridized carbons (Fsp3) is 0.150. The van der Waals surface area contributed by atoms with Crippen molar-refractivity contribution in [1.29, 1.82) is 0 Å². The molecule has 1 unspecified atom stereocenters. The zero-order valence-electron chi connectivity index (χ0n) is 14.0. The predicted octanol–water partition coefficient (Wildman–Crippen LogP) is 4.85. The van der Waals surface area contributed by atoms with Crippen LogP contribution in [0.2, 0.25) is 5.15 Å². The molecule has 25 heavy (non-hydrogen) atoms. The van der Waals surface area contributed by atoms with Crippen molar-refractivity contribution < 1.29 is 4.79 Å². The summed E-state index contributed by atoms with van der Waals surface area (Å²) in [6.07, 6.45) is 3.42. The Balaban J connectivity index is 1.70. The van der Waals surface area contributed by atoms with E-state index in [1.54, 1.807) is 18.5 Å². The van der Waals surface area contributed by atoms with Gasteiger partial charge >= 0.3 is 0 Å². The molecule has 2 heterocycles. The molecule has 0 radical (unpaired) electrons. The molecule has 0 aliphatic carbocycles. The number of nitrogens with one attached hydrogen (secondary N) is 1. The smallest absolute Gasteiger partial charge is 0.231 e. The number of hydrogen-bond donors (Lipinski definition) is 1. The lowest BCUT2D eigenvalue weighted by molar-refractivity contribution is -0.117. The predicted molar refractivity (Wildman–Crippen MR) is 101 cm³/mol. The Morgan fingerprint density at radius 1 is 1.04 bits per heavy atom. The molecule has 0 saturated heterocycles. The summed E-state index contributed by atoms with van der Waals surface area (Å²) in [6, 6.07) is 15.3. The van der Waals surface area contributed by atoms with E-state index in [2.05, 4.69) is 15.3 Å². The molecule has 4 nitrogen and oxygen atoms in total. The molecule has 1 atom stereocenters. The number of carbonyl (C=O) groups excluding carboxylic acids is 1. The maximum absolute atomic E-state index is 12.4. The second-order valence-corrected chi connectivity index (χ2v) is 6.28. The van der Waals surface area contributed by atoms with Crippen molar-refractivity contribution in [2.45, 2.75) is 19.8 Å². The van der Waals surface area contributed by atoms with Crippen molar-refractivity contribution in [2.24, 2.45) is 0 Å². The summed E-state index contributed by atoms with van der Waals surface area (Å²) < 4.78 is 0. The van der Waals surface area contributed by atoms with Gasteiger partial charge in [-0.05, 0) is 60.9 Å². The van der Waals surface area contributed by atoms with Gasteiger partial charge in [0.2, 0.25) is 5.91 Å². The van der Waals surface area contributed by atoms with Crippen molar-refractivity contribution >= 4 is 23.2 Å². The zero-order chi connectivity index (χ0) is 17.8. The summed E-state index contributed by atoms with van der Waals surface area (Å²) in [5, 5.41) is 3.35. The van der Waals surface area contributed by atoms with Crippen LogP contribution in [0.5, 0.6) is 0 Å². The molecular weight excluding hydrogens is 334 g/mol. The van der Waals surface area contributed by atoms with Crippen molar-refractivity contribution in [1.82, 2.24) is 9.97 Å². The van der Waals surface area contributed by atoms with Gasteiger partial charge in [0, 0.05) is 23.8 Å². The van der Waals surface area contributed by atoms with E-state index in [1.807, 2.05) is 56.3 Å². The minimum atomic E-state index is -0.313. The highest BCUT2D eigenvalue weighted by Gasteiger charge is 2.15. The van der Waals surface area contributed by atoms with E-state index in [0.717, 1.165) is 28.1 Å². The van der Waals surface area contributed by atoms with Gasteiger partial charge in [-0.2, -0.15) is 0 Å². The molecule has 0 aliphatic heterocycles. The van der Waals surface area contributed by atoms with Crippen LogP contribution in [0.4, 0.5) is 5.69 Å². The van der Waals surface area contributed by atoms with Crippen molar-refractivity contribution in [3.8, 4) is 11.1 Å². The first-order chi connectivity index (χ1) is 12.0. The molecule has 2 aromatic heterocycles. The number of aryl methyl sites for hydroxylation is 1. The highest BCUT2D eigenvalue weighted by molar-refractivity contribution is 6.29. The van der Waals surface area contributed by atoms with Crippen LogP contribution in [0.25, 0.3) is 11.1 Å². The van der Waals surface area contributed by atoms with Gasteiger partial charge in [0.1, 0.15) is 5.15 Å². The number of aromatic nitrogens is 2. The summed E-state index contributed by atoms with van der Waals surface area (Å²) in [5.74, 6) is -0.399. The van der Waals surface area contributed by atoms with E-state index >= 15 is 0 Å². The third kappa shape index (κ3) is 4.22. The van der Waals surface area contributed by atoms with Gasteiger partial charge in [-0.25, -0.2) is 4.98 Å². The molecule has 0 saturated carbocycles. The Hall–Kier alpha value is -2.72. The third-order valence-electron chi connectivity index (χ3n) is 4.03. The second-order valence-electron chi connectivity index (χ2n) is 5.89. The first-order valence-electron chi connectivity index (χ1n) is 7.98. The van der Waals surface area contributed by atoms with Crippen LogP contribution in [0.1, 0.15) is 24.1 Å². The number of amides is 1. The quantitative estimate of drug-likeness (QED) is 0.684. The lowest BCUT2D eigenvalue weighted by Gasteiger charge is -2.13. The Kier molecular flexibility index (Phi) is 5.10. The number of anilines is 1. The molecule has 5 heteroatoms. The Bertz CT molecular complexity index is 876. The number of nitrogens with zero attached hydrogens (tertiary/aromatic N) is 2. The number of pyridine rings is 2. The Morgan fingerprint density at radius 2 is 1.80 bits per heavy atom. The fourth-order valence-corrected chi connectivity index (χ4v) is 2.63. The molecule has 0 spiro atoms. The lowest BCUT2D eigenvalue weighted by atomic mass is 10.0. The normalized spacial score (nSPS) is 11.8. The molecule has 3 aromatic rings. The van der Waals surface area contributed by atoms with Crippen LogP contribution >= 0.6 is 11.6 Å². The molecule has 0 fully saturated rings. The molecule has 1 N–H and O–H groups in total. The fourth-order valence-electron chi connectivity index (χ4n) is 2.52. The summed E-state index contributed by atoms with van der Waals surface area (Å²) in [5.41, 5.74) is 4.74. The highest BCUT2D eigenvalue weighted by atomic mass is 35.5. The minimum Gasteiger partial charge on any atom is -0.326 e. The molecule has 1 amide bonds. The average molecular weight is 352 g/mol. The monoisotopic (exact) mass is 351 g/mol. The Morgan fingerprint density at radius 3 is 2.44 bits per heavy atom. The van der Waals surface area contributed by atoms with Gasteiger partial charge in [0.25, 0.3) is 0 Å². The lowest BCUT2D eigenvalue weighted by Crippen LogP contribution is -2.18. The van der Waals surface area contributed by atoms with Gasteiger partial charge in [0.05, 0.1) is 5.92 Å². The number of benzene rings is 1. The van der Waals surface area contributed by atoms with Gasteiger partial charge < -0.3 is 5.32 Å². The largest absolute Gasteiger partial charge is 0.326 e. The van der Waals surface area contributed by atoms with Gasteiger partial charge in [0.15, 0.2) is 0 Å². The van der Waals surface area contributed by atoms with Crippen LogP contribution < -0.4 is 5.32 Å². The maximum atomic E-state index is 12.4. The van der Waals surface area contributed by atoms with Gasteiger partial charge in [-0.3, -0.25) is 9.78 Å². The molecule has 0 aliphatic rings. The highest BCUT2D eigenvalue weighted by Crippen LogP contribution is 2.23. The first-order valence-corrected chi connectivity index (χ1v) is 8.36. The number of carbonyl (C=O) groups is 1. The van der Waals surface area contributed by atoms with Crippen LogP contribution in [0.15, 0.2) is 60.9 Å². The van der Waals surface area contributed by atoms with E-state index in [4.69, 9.17) is 11.6 Å². The van der Waals surface area contributed by atoms with Crippen LogP contribution in [-0.4, -0.2) is 15.9 Å². The SMILES string of the molecule is Cc1cc(-c2ccc(NC(=O)C(C)c3ccc(Cl)nc3)cc2)ccn1. The minimum absolute atomic E-state index is 0.0865. The number of rotatable bonds is 4. The van der Waals surface area contributed by atoms with Crippen LogP contribution in [0, 0.1) is 6.92 Å². The van der Waals surface area contributed by atoms with Crippen LogP contribution in [0.3, 0.4) is 0 Å². The molecular formula is C20H18ClN3O. The van der Waals surface area contributed by atoms with Crippen molar-refractivity contribution in [2.75, 3.05) is 5.32 Å². The van der Waals surface area contributed by atoms with Gasteiger partial charge in [-0.1, -0.05) is 29.8 Å². The topological polar surface area (TPSA) is 54.9 Å². The summed E-state index contributed by atoms with van der Waals surface area (Å²) in [4.78, 5) is 20.6. The molecule has 126 valence electrons. The zero-order valence-corrected chi connectivity index (χ0v) is 14.8. The first kappa shape index (κ1) is 17.1. The average Bonchev–Trinajstić information content (AvgIpc) is 2.62.